The van der Waals surface area contributed by atoms with Crippen molar-refractivity contribution in [2.24, 2.45) is 5.92 Å². The van der Waals surface area contributed by atoms with Crippen molar-refractivity contribution in [3.8, 4) is 23.8 Å². The van der Waals surface area contributed by atoms with E-state index >= 15 is 0 Å². The molecule has 1 atom stereocenters. The molecule has 0 bridgehead atoms. The van der Waals surface area contributed by atoms with Gasteiger partial charge in [0.05, 0.1) is 7.11 Å². The van der Waals surface area contributed by atoms with Gasteiger partial charge in [0.1, 0.15) is 12.6 Å². The number of carboxylic acid groups (broad SMARTS) is 1. The van der Waals surface area contributed by atoms with Crippen LogP contribution in [0.1, 0.15) is 25.8 Å². The van der Waals surface area contributed by atoms with Crippen LogP contribution in [0.2, 0.25) is 0 Å². The number of hydrogen-bond donors (Lipinski definition) is 2. The van der Waals surface area contributed by atoms with E-state index in [4.69, 9.17) is 21.0 Å². The molecule has 130 valence electrons. The molecular formula is C18H23NO5. The van der Waals surface area contributed by atoms with Crippen LogP contribution in [0.4, 0.5) is 0 Å². The minimum Gasteiger partial charge on any atom is -0.493 e. The molecule has 24 heavy (non-hydrogen) atoms. The minimum atomic E-state index is -1.03. The first kappa shape index (κ1) is 19.4. The number of benzene rings is 1. The Bertz CT molecular complexity index is 618. The topological polar surface area (TPSA) is 84.9 Å². The normalized spacial score (nSPS) is 11.5. The van der Waals surface area contributed by atoms with Crippen molar-refractivity contribution < 1.29 is 24.2 Å². The van der Waals surface area contributed by atoms with Crippen molar-refractivity contribution in [2.75, 3.05) is 13.7 Å². The fourth-order valence-corrected chi connectivity index (χ4v) is 2.12. The molecule has 0 saturated heterocycles. The van der Waals surface area contributed by atoms with Crippen LogP contribution in [-0.2, 0) is 16.0 Å². The van der Waals surface area contributed by atoms with Gasteiger partial charge in [0, 0.05) is 6.42 Å². The predicted octanol–water partition coefficient (Wildman–Crippen LogP) is 1.87. The number of terminal acetylenes is 1. The van der Waals surface area contributed by atoms with E-state index in [1.165, 1.54) is 7.11 Å². The molecule has 1 rings (SSSR count). The van der Waals surface area contributed by atoms with Crippen LogP contribution in [0.15, 0.2) is 18.2 Å². The van der Waals surface area contributed by atoms with Gasteiger partial charge >= 0.3 is 5.97 Å². The fourth-order valence-electron chi connectivity index (χ4n) is 2.12. The van der Waals surface area contributed by atoms with Gasteiger partial charge in [0.2, 0.25) is 5.91 Å². The molecule has 0 fully saturated rings. The van der Waals surface area contributed by atoms with E-state index in [1.54, 1.807) is 26.0 Å². The molecule has 0 aromatic heterocycles. The molecule has 0 aliphatic rings. The summed E-state index contributed by atoms with van der Waals surface area (Å²) in [5.41, 5.74) is 0.881. The van der Waals surface area contributed by atoms with E-state index in [1.807, 2.05) is 6.07 Å². The lowest BCUT2D eigenvalue weighted by molar-refractivity contribution is -0.143. The second-order valence-corrected chi connectivity index (χ2v) is 5.61. The Morgan fingerprint density at radius 1 is 1.33 bits per heavy atom. The van der Waals surface area contributed by atoms with Crippen molar-refractivity contribution in [3.05, 3.63) is 23.8 Å². The van der Waals surface area contributed by atoms with Crippen molar-refractivity contribution in [1.82, 2.24) is 5.32 Å². The summed E-state index contributed by atoms with van der Waals surface area (Å²) >= 11 is 0. The smallest absolute Gasteiger partial charge is 0.326 e. The van der Waals surface area contributed by atoms with Crippen LogP contribution in [-0.4, -0.2) is 36.7 Å². The maximum atomic E-state index is 11.9. The standard InChI is InChI=1S/C18H23NO5/c1-5-10-24-14-8-6-13(11-15(14)23-4)7-9-16(20)19-17(12(2)3)18(21)22/h1,6,8,11-12,17H,7,9-10H2,2-4H3,(H,19,20)(H,21,22). The van der Waals surface area contributed by atoms with Gasteiger partial charge in [-0.1, -0.05) is 25.8 Å². The van der Waals surface area contributed by atoms with Crippen LogP contribution < -0.4 is 14.8 Å². The van der Waals surface area contributed by atoms with E-state index in [0.29, 0.717) is 17.9 Å². The maximum absolute atomic E-state index is 11.9. The Morgan fingerprint density at radius 3 is 2.58 bits per heavy atom. The number of carbonyl (C=O) groups excluding carboxylic acids is 1. The number of nitrogens with one attached hydrogen (secondary N) is 1. The average molecular weight is 333 g/mol. The lowest BCUT2D eigenvalue weighted by atomic mass is 10.0. The Kier molecular flexibility index (Phi) is 7.63. The molecule has 0 radical (unpaired) electrons. The van der Waals surface area contributed by atoms with Crippen molar-refractivity contribution >= 4 is 11.9 Å². The van der Waals surface area contributed by atoms with E-state index in [-0.39, 0.29) is 24.9 Å². The van der Waals surface area contributed by atoms with Gasteiger partial charge in [-0.05, 0) is 30.0 Å². The zero-order valence-corrected chi connectivity index (χ0v) is 14.2. The van der Waals surface area contributed by atoms with Crippen LogP contribution >= 0.6 is 0 Å². The molecule has 1 unspecified atom stereocenters. The van der Waals surface area contributed by atoms with Gasteiger partial charge in [-0.2, -0.15) is 0 Å². The van der Waals surface area contributed by atoms with Gasteiger partial charge in [0.15, 0.2) is 11.5 Å². The molecule has 6 heteroatoms. The Balaban J connectivity index is 2.65. The van der Waals surface area contributed by atoms with Crippen molar-refractivity contribution in [3.63, 3.8) is 0 Å². The van der Waals surface area contributed by atoms with Gasteiger partial charge in [-0.15, -0.1) is 6.42 Å². The molecule has 0 aliphatic carbocycles. The summed E-state index contributed by atoms with van der Waals surface area (Å²) in [4.78, 5) is 23.0. The molecule has 2 N–H and O–H groups in total. The monoisotopic (exact) mass is 333 g/mol. The molecule has 6 nitrogen and oxygen atoms in total. The summed E-state index contributed by atoms with van der Waals surface area (Å²) in [5, 5.41) is 11.6. The first-order valence-electron chi connectivity index (χ1n) is 7.64. The zero-order chi connectivity index (χ0) is 18.1. The Hall–Kier alpha value is -2.68. The second-order valence-electron chi connectivity index (χ2n) is 5.61. The number of methoxy groups -OCH3 is 1. The minimum absolute atomic E-state index is 0.143. The highest BCUT2D eigenvalue weighted by atomic mass is 16.5. The summed E-state index contributed by atoms with van der Waals surface area (Å²) in [5.74, 6) is 1.94. The third-order valence-electron chi connectivity index (χ3n) is 3.43. The number of ether oxygens (including phenoxy) is 2. The summed E-state index contributed by atoms with van der Waals surface area (Å²) < 4.78 is 10.6. The lowest BCUT2D eigenvalue weighted by Crippen LogP contribution is -2.44. The van der Waals surface area contributed by atoms with Gasteiger partial charge in [-0.3, -0.25) is 4.79 Å². The SMILES string of the molecule is C#CCOc1ccc(CCC(=O)NC(C(=O)O)C(C)C)cc1OC. The zero-order valence-electron chi connectivity index (χ0n) is 14.2. The highest BCUT2D eigenvalue weighted by molar-refractivity contribution is 5.83. The summed E-state index contributed by atoms with van der Waals surface area (Å²) in [6.45, 7) is 3.64. The van der Waals surface area contributed by atoms with Gasteiger partial charge in [-0.25, -0.2) is 4.79 Å². The Labute approximate surface area is 142 Å². The fraction of sp³-hybridized carbons (Fsp3) is 0.444. The first-order valence-corrected chi connectivity index (χ1v) is 7.64. The van der Waals surface area contributed by atoms with Gasteiger partial charge < -0.3 is 19.9 Å². The lowest BCUT2D eigenvalue weighted by Gasteiger charge is -2.18. The summed E-state index contributed by atoms with van der Waals surface area (Å²) in [7, 11) is 1.52. The van der Waals surface area contributed by atoms with E-state index in [2.05, 4.69) is 11.2 Å². The van der Waals surface area contributed by atoms with E-state index < -0.39 is 12.0 Å². The highest BCUT2D eigenvalue weighted by Gasteiger charge is 2.23. The number of aliphatic carboxylic acids is 1. The first-order chi connectivity index (χ1) is 11.4. The van der Waals surface area contributed by atoms with Gasteiger partial charge in [0.25, 0.3) is 0 Å². The molecule has 0 aliphatic heterocycles. The molecule has 1 amide bonds. The van der Waals surface area contributed by atoms with Crippen molar-refractivity contribution in [1.29, 1.82) is 0 Å². The summed E-state index contributed by atoms with van der Waals surface area (Å²) in [6.07, 6.45) is 5.80. The number of rotatable bonds is 9. The van der Waals surface area contributed by atoms with E-state index in [0.717, 1.165) is 5.56 Å². The quantitative estimate of drug-likeness (QED) is 0.674. The largest absolute Gasteiger partial charge is 0.493 e. The third-order valence-corrected chi connectivity index (χ3v) is 3.43. The summed E-state index contributed by atoms with van der Waals surface area (Å²) in [6, 6.07) is 4.44. The predicted molar refractivity (Wildman–Crippen MR) is 90.0 cm³/mol. The van der Waals surface area contributed by atoms with E-state index in [9.17, 15) is 9.59 Å². The number of aryl methyl sites for hydroxylation is 1. The number of amides is 1. The molecule has 1 aromatic rings. The average Bonchev–Trinajstić information content (AvgIpc) is 2.55. The molecule has 0 spiro atoms. The highest BCUT2D eigenvalue weighted by Crippen LogP contribution is 2.28. The third kappa shape index (κ3) is 5.84. The Morgan fingerprint density at radius 2 is 2.04 bits per heavy atom. The maximum Gasteiger partial charge on any atom is 0.326 e. The van der Waals surface area contributed by atoms with Crippen LogP contribution in [0, 0.1) is 18.3 Å². The van der Waals surface area contributed by atoms with Crippen LogP contribution in [0.25, 0.3) is 0 Å². The van der Waals surface area contributed by atoms with Crippen LogP contribution in [0.5, 0.6) is 11.5 Å². The molecule has 0 heterocycles. The molecule has 1 aromatic carbocycles. The molecular weight excluding hydrogens is 310 g/mol. The molecule has 0 saturated carbocycles. The second kappa shape index (κ2) is 9.46. The van der Waals surface area contributed by atoms with Crippen LogP contribution in [0.3, 0.4) is 0 Å². The number of hydrogen-bond acceptors (Lipinski definition) is 4. The number of carboxylic acids is 1. The van der Waals surface area contributed by atoms with Crippen molar-refractivity contribution in [2.45, 2.75) is 32.7 Å². The number of carbonyl (C=O) groups is 2.